The molecule has 8 heteroatoms. The molecule has 1 fully saturated rings. The monoisotopic (exact) mass is 448 g/mol. The van der Waals surface area contributed by atoms with Crippen LogP contribution in [0.2, 0.25) is 0 Å². The maximum Gasteiger partial charge on any atom is 0.416 e. The van der Waals surface area contributed by atoms with Crippen LogP contribution in [0.15, 0.2) is 54.6 Å². The number of alkyl halides is 3. The summed E-state index contributed by atoms with van der Waals surface area (Å²) in [5.74, 6) is -1.24. The molecule has 32 heavy (non-hydrogen) atoms. The van der Waals surface area contributed by atoms with E-state index >= 15 is 0 Å². The van der Waals surface area contributed by atoms with Crippen LogP contribution < -0.4 is 4.90 Å². The molecular formula is C24H27F3N2O3. The summed E-state index contributed by atoms with van der Waals surface area (Å²) in [5, 5.41) is 9.30. The lowest BCUT2D eigenvalue weighted by atomic mass is 9.81. The SMILES string of the molecule is CN(CC[C@H]1CN(C(=O)c2ccc(C(F)(F)F)cc2)CC[C@H]1CC(=O)O)c1ccccc1. The van der Waals surface area contributed by atoms with Crippen molar-refractivity contribution in [2.24, 2.45) is 11.8 Å². The first-order valence-electron chi connectivity index (χ1n) is 10.6. The van der Waals surface area contributed by atoms with E-state index < -0.39 is 17.7 Å². The smallest absolute Gasteiger partial charge is 0.416 e. The Morgan fingerprint density at radius 3 is 2.31 bits per heavy atom. The third-order valence-electron chi connectivity index (χ3n) is 6.11. The maximum absolute atomic E-state index is 12.9. The summed E-state index contributed by atoms with van der Waals surface area (Å²) < 4.78 is 38.4. The highest BCUT2D eigenvalue weighted by atomic mass is 19.4. The Bertz CT molecular complexity index is 916. The number of likely N-dealkylation sites (tertiary alicyclic amines) is 1. The molecule has 3 rings (SSSR count). The van der Waals surface area contributed by atoms with Gasteiger partial charge in [-0.15, -0.1) is 0 Å². The first-order valence-corrected chi connectivity index (χ1v) is 10.6. The number of amides is 1. The first-order chi connectivity index (χ1) is 15.1. The van der Waals surface area contributed by atoms with Crippen molar-refractivity contribution in [1.29, 1.82) is 0 Å². The van der Waals surface area contributed by atoms with Crippen molar-refractivity contribution in [1.82, 2.24) is 4.90 Å². The van der Waals surface area contributed by atoms with E-state index in [9.17, 15) is 27.9 Å². The topological polar surface area (TPSA) is 60.9 Å². The maximum atomic E-state index is 12.9. The number of hydrogen-bond donors (Lipinski definition) is 1. The van der Waals surface area contributed by atoms with Crippen LogP contribution in [0.1, 0.15) is 35.2 Å². The minimum atomic E-state index is -4.45. The molecule has 0 saturated carbocycles. The summed E-state index contributed by atoms with van der Waals surface area (Å²) in [6, 6.07) is 14.1. The number of aliphatic carboxylic acids is 1. The zero-order valence-electron chi connectivity index (χ0n) is 17.9. The van der Waals surface area contributed by atoms with E-state index in [0.29, 0.717) is 32.5 Å². The molecule has 0 aliphatic carbocycles. The number of carbonyl (C=O) groups excluding carboxylic acids is 1. The second-order valence-electron chi connectivity index (χ2n) is 8.28. The summed E-state index contributed by atoms with van der Waals surface area (Å²) in [7, 11) is 1.97. The molecule has 0 aromatic heterocycles. The molecule has 0 bridgehead atoms. The molecule has 2 atom stereocenters. The molecule has 1 N–H and O–H groups in total. The summed E-state index contributed by atoms with van der Waals surface area (Å²) in [6.07, 6.45) is -3.15. The second kappa shape index (κ2) is 10.1. The molecule has 0 radical (unpaired) electrons. The Kier molecular flexibility index (Phi) is 7.43. The number of para-hydroxylation sites is 1. The third-order valence-corrected chi connectivity index (χ3v) is 6.11. The highest BCUT2D eigenvalue weighted by Crippen LogP contribution is 2.32. The molecule has 172 valence electrons. The number of anilines is 1. The molecular weight excluding hydrogens is 421 g/mol. The van der Waals surface area contributed by atoms with E-state index in [1.54, 1.807) is 4.90 Å². The average molecular weight is 448 g/mol. The number of piperidine rings is 1. The Balaban J connectivity index is 1.68. The van der Waals surface area contributed by atoms with Gasteiger partial charge < -0.3 is 14.9 Å². The van der Waals surface area contributed by atoms with Gasteiger partial charge in [0.1, 0.15) is 0 Å². The second-order valence-corrected chi connectivity index (χ2v) is 8.28. The van der Waals surface area contributed by atoms with Crippen LogP contribution in [0.4, 0.5) is 18.9 Å². The van der Waals surface area contributed by atoms with Crippen LogP contribution >= 0.6 is 0 Å². The molecule has 5 nitrogen and oxygen atoms in total. The van der Waals surface area contributed by atoms with Gasteiger partial charge in [0.25, 0.3) is 5.91 Å². The number of carboxylic acid groups (broad SMARTS) is 1. The Morgan fingerprint density at radius 2 is 1.72 bits per heavy atom. The summed E-state index contributed by atoms with van der Waals surface area (Å²) >= 11 is 0. The Hall–Kier alpha value is -3.03. The van der Waals surface area contributed by atoms with Crippen LogP contribution in [-0.2, 0) is 11.0 Å². The van der Waals surface area contributed by atoms with Gasteiger partial charge in [-0.2, -0.15) is 13.2 Å². The Morgan fingerprint density at radius 1 is 1.06 bits per heavy atom. The fourth-order valence-corrected chi connectivity index (χ4v) is 4.24. The molecule has 2 aromatic carbocycles. The lowest BCUT2D eigenvalue weighted by Crippen LogP contribution is -2.45. The van der Waals surface area contributed by atoms with Crippen LogP contribution in [0.3, 0.4) is 0 Å². The fourth-order valence-electron chi connectivity index (χ4n) is 4.24. The molecule has 1 saturated heterocycles. The minimum absolute atomic E-state index is 0.00980. The minimum Gasteiger partial charge on any atom is -0.481 e. The predicted octanol–water partition coefficient (Wildman–Crippen LogP) is 4.78. The highest BCUT2D eigenvalue weighted by molar-refractivity contribution is 5.94. The van der Waals surface area contributed by atoms with Crippen LogP contribution in [-0.4, -0.2) is 48.6 Å². The van der Waals surface area contributed by atoms with E-state index in [1.165, 1.54) is 12.1 Å². The molecule has 0 unspecified atom stereocenters. The normalized spacial score (nSPS) is 18.9. The summed E-state index contributed by atoms with van der Waals surface area (Å²) in [5.41, 5.74) is 0.460. The predicted molar refractivity (Wildman–Crippen MR) is 116 cm³/mol. The van der Waals surface area contributed by atoms with Crippen molar-refractivity contribution < 1.29 is 27.9 Å². The van der Waals surface area contributed by atoms with E-state index in [4.69, 9.17) is 0 Å². The lowest BCUT2D eigenvalue weighted by molar-refractivity contribution is -0.139. The zero-order chi connectivity index (χ0) is 23.3. The average Bonchev–Trinajstić information content (AvgIpc) is 2.77. The summed E-state index contributed by atoms with van der Waals surface area (Å²) in [4.78, 5) is 28.0. The molecule has 2 aromatic rings. The van der Waals surface area contributed by atoms with Crippen molar-refractivity contribution in [2.75, 3.05) is 31.6 Å². The van der Waals surface area contributed by atoms with Crippen LogP contribution in [0.5, 0.6) is 0 Å². The van der Waals surface area contributed by atoms with Crippen LogP contribution in [0, 0.1) is 11.8 Å². The van der Waals surface area contributed by atoms with Crippen molar-refractivity contribution in [2.45, 2.75) is 25.4 Å². The summed E-state index contributed by atoms with van der Waals surface area (Å²) in [6.45, 7) is 1.48. The van der Waals surface area contributed by atoms with Gasteiger partial charge in [0, 0.05) is 44.4 Å². The molecule has 1 aliphatic rings. The van der Waals surface area contributed by atoms with Gasteiger partial charge in [0.05, 0.1) is 5.56 Å². The quantitative estimate of drug-likeness (QED) is 0.662. The van der Waals surface area contributed by atoms with Crippen molar-refractivity contribution in [3.05, 3.63) is 65.7 Å². The van der Waals surface area contributed by atoms with Gasteiger partial charge in [-0.05, 0) is 61.1 Å². The van der Waals surface area contributed by atoms with Gasteiger partial charge in [-0.1, -0.05) is 18.2 Å². The van der Waals surface area contributed by atoms with Gasteiger partial charge in [0.2, 0.25) is 0 Å². The van der Waals surface area contributed by atoms with Gasteiger partial charge in [-0.3, -0.25) is 9.59 Å². The van der Waals surface area contributed by atoms with Gasteiger partial charge in [0.15, 0.2) is 0 Å². The standard InChI is InChI=1S/C24H27F3N2O3/c1-28(21-5-3-2-4-6-21)13-11-19-16-29(14-12-18(19)15-22(30)31)23(32)17-7-9-20(10-8-17)24(25,26)27/h2-10,18-19H,11-16H2,1H3,(H,30,31)/t18-,19-/m0/s1. The van der Waals surface area contributed by atoms with Crippen LogP contribution in [0.25, 0.3) is 0 Å². The Labute approximate surface area is 185 Å². The van der Waals surface area contributed by atoms with Crippen molar-refractivity contribution >= 4 is 17.6 Å². The van der Waals surface area contributed by atoms with E-state index in [1.807, 2.05) is 37.4 Å². The number of carbonyl (C=O) groups is 2. The van der Waals surface area contributed by atoms with Gasteiger partial charge in [-0.25, -0.2) is 0 Å². The number of halogens is 3. The van der Waals surface area contributed by atoms with E-state index in [-0.39, 0.29) is 29.7 Å². The number of hydrogen-bond acceptors (Lipinski definition) is 3. The number of carboxylic acids is 1. The third kappa shape index (κ3) is 6.02. The molecule has 1 aliphatic heterocycles. The number of benzene rings is 2. The van der Waals surface area contributed by atoms with Crippen molar-refractivity contribution in [3.8, 4) is 0 Å². The fraction of sp³-hybridized carbons (Fsp3) is 0.417. The molecule has 1 heterocycles. The van der Waals surface area contributed by atoms with E-state index in [0.717, 1.165) is 17.8 Å². The number of nitrogens with zero attached hydrogens (tertiary/aromatic N) is 2. The van der Waals surface area contributed by atoms with Gasteiger partial charge >= 0.3 is 12.1 Å². The highest BCUT2D eigenvalue weighted by Gasteiger charge is 2.34. The zero-order valence-corrected chi connectivity index (χ0v) is 17.9. The molecule has 0 spiro atoms. The lowest BCUT2D eigenvalue weighted by Gasteiger charge is -2.39. The van der Waals surface area contributed by atoms with E-state index in [2.05, 4.69) is 4.90 Å². The largest absolute Gasteiger partial charge is 0.481 e. The molecule has 1 amide bonds. The number of rotatable bonds is 7. The van der Waals surface area contributed by atoms with Crippen molar-refractivity contribution in [3.63, 3.8) is 0 Å². The first kappa shape index (κ1) is 23.6.